The van der Waals surface area contributed by atoms with Gasteiger partial charge in [-0.3, -0.25) is 0 Å². The zero-order valence-electron chi connectivity index (χ0n) is 17.5. The van der Waals surface area contributed by atoms with E-state index < -0.39 is 0 Å². The van der Waals surface area contributed by atoms with Gasteiger partial charge in [0.25, 0.3) is 0 Å². The zero-order valence-corrected chi connectivity index (χ0v) is 17.5. The van der Waals surface area contributed by atoms with E-state index in [0.717, 1.165) is 33.5 Å². The number of methoxy groups -OCH3 is 3. The first kappa shape index (κ1) is 19.6. The second-order valence-corrected chi connectivity index (χ2v) is 6.96. The fourth-order valence-electron chi connectivity index (χ4n) is 3.86. The van der Waals surface area contributed by atoms with Crippen LogP contribution in [-0.4, -0.2) is 31.3 Å². The largest absolute Gasteiger partial charge is 0.493 e. The van der Waals surface area contributed by atoms with E-state index in [9.17, 15) is 0 Å². The molecule has 0 aliphatic carbocycles. The van der Waals surface area contributed by atoms with Crippen molar-refractivity contribution < 1.29 is 14.2 Å². The van der Waals surface area contributed by atoms with Gasteiger partial charge in [-0.15, -0.1) is 0 Å². The molecule has 6 nitrogen and oxygen atoms in total. The molecule has 2 heterocycles. The lowest BCUT2D eigenvalue weighted by molar-refractivity contribution is 0.323. The first-order valence-electron chi connectivity index (χ1n) is 9.71. The molecule has 0 saturated heterocycles. The standard InChI is InChI=1S/C24H25N3O3/c1-15-22(17-9-5-6-10-18(17)26-15)23(27-21-11-7-8-12-25-21)16-13-19(28-2)24(30-4)20(14-16)29-3/h5-14,23,26H,1-4H3,(H,25,27). The van der Waals surface area contributed by atoms with Gasteiger partial charge < -0.3 is 24.5 Å². The number of hydrogen-bond acceptors (Lipinski definition) is 5. The lowest BCUT2D eigenvalue weighted by atomic mass is 9.95. The van der Waals surface area contributed by atoms with E-state index in [1.54, 1.807) is 27.5 Å². The van der Waals surface area contributed by atoms with Crippen LogP contribution in [0, 0.1) is 6.92 Å². The first-order valence-corrected chi connectivity index (χ1v) is 9.71. The van der Waals surface area contributed by atoms with Gasteiger partial charge in [0.1, 0.15) is 5.82 Å². The van der Waals surface area contributed by atoms with Crippen LogP contribution < -0.4 is 19.5 Å². The monoisotopic (exact) mass is 403 g/mol. The van der Waals surface area contributed by atoms with E-state index in [1.165, 1.54) is 0 Å². The number of para-hydroxylation sites is 1. The van der Waals surface area contributed by atoms with E-state index in [4.69, 9.17) is 14.2 Å². The van der Waals surface area contributed by atoms with Crippen LogP contribution in [0.15, 0.2) is 60.8 Å². The summed E-state index contributed by atoms with van der Waals surface area (Å²) in [4.78, 5) is 7.97. The Morgan fingerprint density at radius 1 is 0.900 bits per heavy atom. The molecule has 1 atom stereocenters. The predicted molar refractivity (Wildman–Crippen MR) is 119 cm³/mol. The second-order valence-electron chi connectivity index (χ2n) is 6.96. The maximum Gasteiger partial charge on any atom is 0.203 e. The van der Waals surface area contributed by atoms with Crippen LogP contribution in [-0.2, 0) is 0 Å². The minimum Gasteiger partial charge on any atom is -0.493 e. The first-order chi connectivity index (χ1) is 14.7. The number of aromatic amines is 1. The SMILES string of the molecule is COc1cc(C(Nc2ccccn2)c2c(C)[nH]c3ccccc23)cc(OC)c1OC. The van der Waals surface area contributed by atoms with Crippen molar-refractivity contribution in [3.8, 4) is 17.2 Å². The molecule has 0 radical (unpaired) electrons. The number of H-pyrrole nitrogens is 1. The molecule has 0 amide bonds. The summed E-state index contributed by atoms with van der Waals surface area (Å²) in [6, 6.07) is 17.9. The number of aryl methyl sites for hydroxylation is 1. The van der Waals surface area contributed by atoms with Gasteiger partial charge in [-0.25, -0.2) is 4.98 Å². The van der Waals surface area contributed by atoms with E-state index in [2.05, 4.69) is 34.3 Å². The van der Waals surface area contributed by atoms with Crippen LogP contribution in [0.25, 0.3) is 10.9 Å². The van der Waals surface area contributed by atoms with E-state index in [1.807, 2.05) is 42.5 Å². The van der Waals surface area contributed by atoms with Crippen LogP contribution in [0.2, 0.25) is 0 Å². The molecule has 2 aromatic heterocycles. The molecule has 0 fully saturated rings. The molecule has 2 aromatic carbocycles. The Kier molecular flexibility index (Phi) is 5.48. The van der Waals surface area contributed by atoms with Crippen molar-refractivity contribution in [3.63, 3.8) is 0 Å². The average Bonchev–Trinajstić information content (AvgIpc) is 3.12. The Labute approximate surface area is 175 Å². The molecule has 0 spiro atoms. The Morgan fingerprint density at radius 3 is 2.23 bits per heavy atom. The van der Waals surface area contributed by atoms with Crippen LogP contribution in [0.5, 0.6) is 17.2 Å². The minimum absolute atomic E-state index is 0.190. The Bertz CT molecular complexity index is 1130. The molecule has 1 unspecified atom stereocenters. The molecule has 0 aliphatic rings. The number of ether oxygens (including phenoxy) is 3. The summed E-state index contributed by atoms with van der Waals surface area (Å²) in [5.41, 5.74) is 4.29. The molecule has 30 heavy (non-hydrogen) atoms. The van der Waals surface area contributed by atoms with Crippen molar-refractivity contribution in [3.05, 3.63) is 77.6 Å². The molecule has 4 aromatic rings. The summed E-state index contributed by atoms with van der Waals surface area (Å²) < 4.78 is 16.7. The molecule has 2 N–H and O–H groups in total. The number of anilines is 1. The lowest BCUT2D eigenvalue weighted by Crippen LogP contribution is -2.14. The summed E-state index contributed by atoms with van der Waals surface area (Å²) >= 11 is 0. The number of nitrogens with one attached hydrogen (secondary N) is 2. The fourth-order valence-corrected chi connectivity index (χ4v) is 3.86. The Balaban J connectivity index is 1.93. The minimum atomic E-state index is -0.190. The van der Waals surface area contributed by atoms with Crippen molar-refractivity contribution in [1.29, 1.82) is 0 Å². The Hall–Kier alpha value is -3.67. The molecule has 154 valence electrons. The normalized spacial score (nSPS) is 11.9. The number of pyridine rings is 1. The van der Waals surface area contributed by atoms with E-state index in [-0.39, 0.29) is 6.04 Å². The van der Waals surface area contributed by atoms with E-state index >= 15 is 0 Å². The third-order valence-electron chi connectivity index (χ3n) is 5.21. The van der Waals surface area contributed by atoms with Crippen LogP contribution in [0.4, 0.5) is 5.82 Å². The number of hydrogen-bond donors (Lipinski definition) is 2. The zero-order chi connectivity index (χ0) is 21.1. The van der Waals surface area contributed by atoms with Gasteiger partial charge in [0.2, 0.25) is 5.75 Å². The number of rotatable bonds is 7. The van der Waals surface area contributed by atoms with Crippen molar-refractivity contribution in [1.82, 2.24) is 9.97 Å². The van der Waals surface area contributed by atoms with Gasteiger partial charge in [-0.2, -0.15) is 0 Å². The molecule has 6 heteroatoms. The molecule has 0 bridgehead atoms. The van der Waals surface area contributed by atoms with Gasteiger partial charge >= 0.3 is 0 Å². The predicted octanol–water partition coefficient (Wildman–Crippen LogP) is 5.10. The number of aromatic nitrogens is 2. The van der Waals surface area contributed by atoms with Crippen molar-refractivity contribution in [2.45, 2.75) is 13.0 Å². The maximum absolute atomic E-state index is 5.60. The topological polar surface area (TPSA) is 68.4 Å². The summed E-state index contributed by atoms with van der Waals surface area (Å²) in [5, 5.41) is 4.74. The molecular formula is C24H25N3O3. The third kappa shape index (κ3) is 3.52. The summed E-state index contributed by atoms with van der Waals surface area (Å²) in [6.07, 6.45) is 1.77. The van der Waals surface area contributed by atoms with Crippen LogP contribution in [0.3, 0.4) is 0 Å². The van der Waals surface area contributed by atoms with Gasteiger partial charge in [0, 0.05) is 28.4 Å². The van der Waals surface area contributed by atoms with Crippen molar-refractivity contribution >= 4 is 16.7 Å². The quantitative estimate of drug-likeness (QED) is 0.449. The average molecular weight is 403 g/mol. The molecule has 0 saturated carbocycles. The van der Waals surface area contributed by atoms with Crippen LogP contribution >= 0.6 is 0 Å². The van der Waals surface area contributed by atoms with Crippen molar-refractivity contribution in [2.75, 3.05) is 26.6 Å². The lowest BCUT2D eigenvalue weighted by Gasteiger charge is -2.23. The van der Waals surface area contributed by atoms with Gasteiger partial charge in [-0.1, -0.05) is 24.3 Å². The summed E-state index contributed by atoms with van der Waals surface area (Å²) in [5.74, 6) is 2.56. The summed E-state index contributed by atoms with van der Waals surface area (Å²) in [6.45, 7) is 2.08. The molecule has 0 aliphatic heterocycles. The van der Waals surface area contributed by atoms with Crippen LogP contribution in [0.1, 0.15) is 22.9 Å². The highest BCUT2D eigenvalue weighted by Crippen LogP contribution is 2.43. The number of fused-ring (bicyclic) bond motifs is 1. The fraction of sp³-hybridized carbons (Fsp3) is 0.208. The highest BCUT2D eigenvalue weighted by Gasteiger charge is 2.24. The second kappa shape index (κ2) is 8.37. The van der Waals surface area contributed by atoms with Gasteiger partial charge in [0.05, 0.1) is 27.4 Å². The highest BCUT2D eigenvalue weighted by molar-refractivity contribution is 5.86. The van der Waals surface area contributed by atoms with Gasteiger partial charge in [-0.05, 0) is 42.8 Å². The Morgan fingerprint density at radius 2 is 1.60 bits per heavy atom. The smallest absolute Gasteiger partial charge is 0.203 e. The number of nitrogens with zero attached hydrogens (tertiary/aromatic N) is 1. The summed E-state index contributed by atoms with van der Waals surface area (Å²) in [7, 11) is 4.85. The van der Waals surface area contributed by atoms with E-state index in [0.29, 0.717) is 17.2 Å². The maximum atomic E-state index is 5.60. The molecule has 4 rings (SSSR count). The third-order valence-corrected chi connectivity index (χ3v) is 5.21. The van der Waals surface area contributed by atoms with Crippen molar-refractivity contribution in [2.24, 2.45) is 0 Å². The molecular weight excluding hydrogens is 378 g/mol. The van der Waals surface area contributed by atoms with Gasteiger partial charge in [0.15, 0.2) is 11.5 Å². The highest BCUT2D eigenvalue weighted by atomic mass is 16.5. The number of benzene rings is 2.